The lowest BCUT2D eigenvalue weighted by Gasteiger charge is -2.11. The van der Waals surface area contributed by atoms with E-state index in [0.29, 0.717) is 27.7 Å². The van der Waals surface area contributed by atoms with E-state index >= 15 is 0 Å². The Morgan fingerprint density at radius 1 is 1.19 bits per heavy atom. The van der Waals surface area contributed by atoms with Crippen molar-refractivity contribution < 1.29 is 17.5 Å². The van der Waals surface area contributed by atoms with Crippen LogP contribution in [-0.4, -0.2) is 26.4 Å². The van der Waals surface area contributed by atoms with Gasteiger partial charge in [-0.2, -0.15) is 0 Å². The second-order valence-electron chi connectivity index (χ2n) is 5.46. The Morgan fingerprint density at radius 3 is 2.50 bits per heavy atom. The van der Waals surface area contributed by atoms with E-state index in [4.69, 9.17) is 16.3 Å². The summed E-state index contributed by atoms with van der Waals surface area (Å²) in [6.07, 6.45) is 0.935. The molecule has 0 bridgehead atoms. The van der Waals surface area contributed by atoms with Crippen LogP contribution in [0.1, 0.15) is 0 Å². The number of ether oxygens (including phenoxy) is 1. The Hall–Kier alpha value is -2.16. The highest BCUT2D eigenvalue weighted by Crippen LogP contribution is 2.30. The molecule has 0 aliphatic carbocycles. The van der Waals surface area contributed by atoms with Gasteiger partial charge in [0.25, 0.3) is 0 Å². The molecule has 2 aromatic carbocycles. The maximum Gasteiger partial charge on any atom is 0.312 e. The van der Waals surface area contributed by atoms with E-state index in [1.165, 1.54) is 23.8 Å². The number of rotatable bonds is 4. The van der Waals surface area contributed by atoms with Crippen LogP contribution >= 0.6 is 22.9 Å². The van der Waals surface area contributed by atoms with Crippen LogP contribution in [0.3, 0.4) is 0 Å². The number of hydrogen-bond acceptors (Lipinski definition) is 5. The van der Waals surface area contributed by atoms with E-state index in [-0.39, 0.29) is 4.87 Å². The van der Waals surface area contributed by atoms with Crippen molar-refractivity contribution in [1.29, 1.82) is 0 Å². The summed E-state index contributed by atoms with van der Waals surface area (Å²) in [5.41, 5.74) is 1.30. The van der Waals surface area contributed by atoms with Crippen LogP contribution in [0.4, 0.5) is 4.39 Å². The molecule has 0 saturated heterocycles. The quantitative estimate of drug-likeness (QED) is 0.653. The van der Waals surface area contributed by atoms with Gasteiger partial charge in [-0.15, -0.1) is 0 Å². The third kappa shape index (κ3) is 3.40. The zero-order chi connectivity index (χ0) is 19.1. The van der Waals surface area contributed by atoms with Crippen LogP contribution < -0.4 is 9.61 Å². The third-order valence-electron chi connectivity index (χ3n) is 3.72. The van der Waals surface area contributed by atoms with Crippen molar-refractivity contribution >= 4 is 32.8 Å². The topological polar surface area (TPSA) is 65.4 Å². The Labute approximate surface area is 158 Å². The Morgan fingerprint density at radius 2 is 1.92 bits per heavy atom. The molecule has 136 valence electrons. The van der Waals surface area contributed by atoms with E-state index in [1.807, 2.05) is 0 Å². The molecular weight excluding hydrogens is 401 g/mol. The summed E-state index contributed by atoms with van der Waals surface area (Å²) in [5, 5.41) is 1.91. The summed E-state index contributed by atoms with van der Waals surface area (Å²) < 4.78 is 43.9. The molecule has 3 aromatic rings. The van der Waals surface area contributed by atoms with Gasteiger partial charge >= 0.3 is 4.87 Å². The predicted octanol–water partition coefficient (Wildman–Crippen LogP) is 3.77. The number of nitrogens with zero attached hydrogens (tertiary/aromatic N) is 1. The maximum absolute atomic E-state index is 14.2. The average molecular weight is 414 g/mol. The minimum absolute atomic E-state index is 0.283. The largest absolute Gasteiger partial charge is 0.495 e. The molecule has 1 aromatic heterocycles. The van der Waals surface area contributed by atoms with E-state index < -0.39 is 20.5 Å². The van der Waals surface area contributed by atoms with Crippen LogP contribution in [0.5, 0.6) is 5.75 Å². The lowest BCUT2D eigenvalue weighted by atomic mass is 10.1. The number of benzene rings is 2. The van der Waals surface area contributed by atoms with Gasteiger partial charge in [0.2, 0.25) is 0 Å². The Kier molecular flexibility index (Phi) is 4.92. The lowest BCUT2D eigenvalue weighted by Crippen LogP contribution is -2.12. The smallest absolute Gasteiger partial charge is 0.312 e. The number of thiazole rings is 1. The molecule has 9 heteroatoms. The first-order valence-corrected chi connectivity index (χ1v) is 10.4. The van der Waals surface area contributed by atoms with Crippen molar-refractivity contribution in [2.45, 2.75) is 4.90 Å². The monoisotopic (exact) mass is 413 g/mol. The fraction of sp³-hybridized carbons (Fsp3) is 0.118. The van der Waals surface area contributed by atoms with Crippen LogP contribution in [0.15, 0.2) is 51.5 Å². The Bertz CT molecular complexity index is 1150. The van der Waals surface area contributed by atoms with E-state index in [0.717, 1.165) is 23.7 Å². The molecule has 0 N–H and O–H groups in total. The number of methoxy groups -OCH3 is 1. The van der Waals surface area contributed by atoms with E-state index in [9.17, 15) is 17.6 Å². The zero-order valence-corrected chi connectivity index (χ0v) is 16.1. The van der Waals surface area contributed by atoms with Crippen molar-refractivity contribution in [3.05, 3.63) is 62.3 Å². The molecule has 0 spiro atoms. The van der Waals surface area contributed by atoms with Gasteiger partial charge in [-0.05, 0) is 30.3 Å². The molecule has 3 rings (SSSR count). The summed E-state index contributed by atoms with van der Waals surface area (Å²) in [4.78, 5) is 11.6. The first kappa shape index (κ1) is 18.6. The van der Waals surface area contributed by atoms with Gasteiger partial charge in [-0.3, -0.25) is 9.36 Å². The fourth-order valence-corrected chi connectivity index (χ4v) is 4.25. The van der Waals surface area contributed by atoms with E-state index in [1.54, 1.807) is 23.6 Å². The normalized spacial score (nSPS) is 11.5. The molecule has 0 amide bonds. The molecule has 0 atom stereocenters. The summed E-state index contributed by atoms with van der Waals surface area (Å²) >= 11 is 7.07. The minimum Gasteiger partial charge on any atom is -0.495 e. The first-order valence-electron chi connectivity index (χ1n) is 7.27. The molecule has 0 radical (unpaired) electrons. The van der Waals surface area contributed by atoms with Crippen LogP contribution in [-0.2, 0) is 9.84 Å². The highest BCUT2D eigenvalue weighted by molar-refractivity contribution is 7.90. The highest BCUT2D eigenvalue weighted by Gasteiger charge is 2.17. The van der Waals surface area contributed by atoms with Crippen molar-refractivity contribution in [3.8, 4) is 22.7 Å². The molecule has 0 aliphatic rings. The van der Waals surface area contributed by atoms with Crippen LogP contribution in [0.25, 0.3) is 16.9 Å². The van der Waals surface area contributed by atoms with Gasteiger partial charge in [-0.25, -0.2) is 12.8 Å². The highest BCUT2D eigenvalue weighted by atomic mass is 35.5. The summed E-state index contributed by atoms with van der Waals surface area (Å²) in [6.45, 7) is 0. The molecule has 0 aliphatic heterocycles. The zero-order valence-electron chi connectivity index (χ0n) is 13.7. The predicted molar refractivity (Wildman–Crippen MR) is 100.0 cm³/mol. The average Bonchev–Trinajstić information content (AvgIpc) is 2.95. The SMILES string of the molecule is COc1ccc(-n2c(-c3ccc(S(C)(=O)=O)c(F)c3)csc2=O)cc1Cl. The van der Waals surface area contributed by atoms with Gasteiger partial charge in [0.05, 0.1) is 23.5 Å². The molecule has 0 fully saturated rings. The minimum atomic E-state index is -3.68. The summed E-state index contributed by atoms with van der Waals surface area (Å²) in [6, 6.07) is 8.59. The second-order valence-corrected chi connectivity index (χ2v) is 8.67. The summed E-state index contributed by atoms with van der Waals surface area (Å²) in [5.74, 6) is -0.410. The lowest BCUT2D eigenvalue weighted by molar-refractivity contribution is 0.415. The molecule has 26 heavy (non-hydrogen) atoms. The third-order valence-corrected chi connectivity index (χ3v) is 5.87. The fourth-order valence-electron chi connectivity index (χ4n) is 2.51. The van der Waals surface area contributed by atoms with Gasteiger partial charge in [0.15, 0.2) is 9.84 Å². The molecule has 0 unspecified atom stereocenters. The van der Waals surface area contributed by atoms with Crippen LogP contribution in [0, 0.1) is 5.82 Å². The van der Waals surface area contributed by atoms with Crippen LogP contribution in [0.2, 0.25) is 5.02 Å². The molecule has 5 nitrogen and oxygen atoms in total. The maximum atomic E-state index is 14.2. The second kappa shape index (κ2) is 6.86. The molecule has 0 saturated carbocycles. The Balaban J connectivity index is 2.16. The van der Waals surface area contributed by atoms with E-state index in [2.05, 4.69) is 0 Å². The first-order chi connectivity index (χ1) is 12.2. The number of halogens is 2. The molecule has 1 heterocycles. The number of aromatic nitrogens is 1. The van der Waals surface area contributed by atoms with Crippen molar-refractivity contribution in [3.63, 3.8) is 0 Å². The van der Waals surface area contributed by atoms with Gasteiger partial charge in [0.1, 0.15) is 16.5 Å². The standard InChI is InChI=1S/C17H13ClFNO4S2/c1-24-15-5-4-11(8-12(15)18)20-14(9-25-17(20)21)10-3-6-16(13(19)7-10)26(2,22)23/h3-9H,1-2H3. The van der Waals surface area contributed by atoms with Gasteiger partial charge < -0.3 is 4.74 Å². The molecular formula is C17H13ClFNO4S2. The van der Waals surface area contributed by atoms with Crippen molar-refractivity contribution in [1.82, 2.24) is 4.57 Å². The van der Waals surface area contributed by atoms with Gasteiger partial charge in [-0.1, -0.05) is 29.0 Å². The number of hydrogen-bond donors (Lipinski definition) is 0. The van der Waals surface area contributed by atoms with Crippen molar-refractivity contribution in [2.75, 3.05) is 13.4 Å². The summed E-state index contributed by atoms with van der Waals surface area (Å²) in [7, 11) is -2.19. The number of sulfone groups is 1. The van der Waals surface area contributed by atoms with Gasteiger partial charge in [0, 0.05) is 17.2 Å². The van der Waals surface area contributed by atoms with Crippen molar-refractivity contribution in [2.24, 2.45) is 0 Å².